The van der Waals surface area contributed by atoms with E-state index in [0.717, 1.165) is 41.5 Å². The summed E-state index contributed by atoms with van der Waals surface area (Å²) in [7, 11) is 0. The van der Waals surface area contributed by atoms with E-state index in [9.17, 15) is 4.79 Å². The first-order valence-corrected chi connectivity index (χ1v) is 17.2. The minimum Gasteiger partial charge on any atom is -0.479 e. The van der Waals surface area contributed by atoms with E-state index in [1.165, 1.54) is 61.6 Å². The van der Waals surface area contributed by atoms with Crippen LogP contribution in [0.3, 0.4) is 0 Å². The summed E-state index contributed by atoms with van der Waals surface area (Å²) >= 11 is 6.78. The van der Waals surface area contributed by atoms with Crippen LogP contribution in [-0.2, 0) is 16.0 Å². The van der Waals surface area contributed by atoms with Crippen molar-refractivity contribution in [2.45, 2.75) is 104 Å². The van der Waals surface area contributed by atoms with Crippen LogP contribution in [0.2, 0.25) is 5.02 Å². The second-order valence-electron chi connectivity index (χ2n) is 12.2. The topological polar surface area (TPSA) is 35.5 Å². The van der Waals surface area contributed by atoms with Crippen LogP contribution in [0, 0.1) is 0 Å². The largest absolute Gasteiger partial charge is 0.479 e. The zero-order valence-corrected chi connectivity index (χ0v) is 28.2. The molecule has 0 heterocycles. The number of esters is 1. The predicted molar refractivity (Wildman–Crippen MR) is 190 cm³/mol. The molecule has 2 atom stereocenters. The van der Waals surface area contributed by atoms with Gasteiger partial charge in [0.1, 0.15) is 5.75 Å². The third kappa shape index (κ3) is 10.5. The Hall–Kier alpha value is -3.56. The standard InChI is InChI=1S/C41H49ClO3/c1-5-7-9-11-13-30(3)44-41(43)31(4)45-38-26-23-36(24-27-38)39-28-25-37(29-40(39)42)35-21-19-34(20-22-35)33-17-15-32(16-18-33)14-12-10-8-6-2/h15-31H,5-14H2,1-4H3. The molecule has 0 radical (unpaired) electrons. The molecule has 0 aromatic heterocycles. The van der Waals surface area contributed by atoms with Crippen LogP contribution in [0.4, 0.5) is 0 Å². The molecule has 0 saturated carbocycles. The van der Waals surface area contributed by atoms with Crippen LogP contribution >= 0.6 is 11.6 Å². The van der Waals surface area contributed by atoms with Crippen molar-refractivity contribution in [2.75, 3.05) is 0 Å². The van der Waals surface area contributed by atoms with Gasteiger partial charge in [-0.1, -0.05) is 137 Å². The molecule has 238 valence electrons. The van der Waals surface area contributed by atoms with Gasteiger partial charge >= 0.3 is 5.97 Å². The smallest absolute Gasteiger partial charge is 0.347 e. The molecule has 0 spiro atoms. The van der Waals surface area contributed by atoms with Gasteiger partial charge in [0.2, 0.25) is 0 Å². The Bertz CT molecular complexity index is 1460. The Morgan fingerprint density at radius 2 is 1.18 bits per heavy atom. The Morgan fingerprint density at radius 3 is 1.78 bits per heavy atom. The second kappa shape index (κ2) is 17.8. The van der Waals surface area contributed by atoms with Crippen LogP contribution in [0.15, 0.2) is 91.0 Å². The summed E-state index contributed by atoms with van der Waals surface area (Å²) < 4.78 is 11.5. The SMILES string of the molecule is CCCCCCc1ccc(-c2ccc(-c3ccc(-c4ccc(OC(C)C(=O)OC(C)CCCCCC)cc4)c(Cl)c3)cc2)cc1. The van der Waals surface area contributed by atoms with Gasteiger partial charge in [-0.05, 0) is 91.1 Å². The Balaban J connectivity index is 1.32. The van der Waals surface area contributed by atoms with E-state index in [2.05, 4.69) is 74.5 Å². The van der Waals surface area contributed by atoms with Crippen molar-refractivity contribution in [3.8, 4) is 39.1 Å². The fraction of sp³-hybridized carbons (Fsp3) is 0.390. The van der Waals surface area contributed by atoms with Crippen molar-refractivity contribution in [3.63, 3.8) is 0 Å². The van der Waals surface area contributed by atoms with E-state index in [-0.39, 0.29) is 12.1 Å². The number of hydrogen-bond donors (Lipinski definition) is 0. The summed E-state index contributed by atoms with van der Waals surface area (Å²) in [6.07, 6.45) is 11.1. The number of carbonyl (C=O) groups is 1. The normalized spacial score (nSPS) is 12.5. The lowest BCUT2D eigenvalue weighted by Gasteiger charge is -2.18. The lowest BCUT2D eigenvalue weighted by Crippen LogP contribution is -2.29. The average Bonchev–Trinajstić information content (AvgIpc) is 3.06. The molecule has 4 rings (SSSR count). The number of aryl methyl sites for hydroxylation is 1. The van der Waals surface area contributed by atoms with Gasteiger partial charge in [0.25, 0.3) is 0 Å². The summed E-state index contributed by atoms with van der Waals surface area (Å²) in [5.41, 5.74) is 7.99. The van der Waals surface area contributed by atoms with Gasteiger partial charge in [-0.15, -0.1) is 0 Å². The number of unbranched alkanes of at least 4 members (excludes halogenated alkanes) is 6. The highest BCUT2D eigenvalue weighted by Crippen LogP contribution is 2.34. The molecule has 45 heavy (non-hydrogen) atoms. The van der Waals surface area contributed by atoms with Crippen LogP contribution < -0.4 is 4.74 Å². The van der Waals surface area contributed by atoms with Gasteiger partial charge in [-0.2, -0.15) is 0 Å². The molecule has 4 heteroatoms. The monoisotopic (exact) mass is 624 g/mol. The Kier molecular flexibility index (Phi) is 13.6. The van der Waals surface area contributed by atoms with Crippen LogP contribution in [0.25, 0.3) is 33.4 Å². The third-order valence-corrected chi connectivity index (χ3v) is 8.70. The maximum absolute atomic E-state index is 12.5. The van der Waals surface area contributed by atoms with E-state index < -0.39 is 6.10 Å². The molecule has 4 aromatic rings. The molecule has 0 saturated heterocycles. The lowest BCUT2D eigenvalue weighted by molar-refractivity contribution is -0.156. The zero-order valence-electron chi connectivity index (χ0n) is 27.5. The molecule has 0 aliphatic carbocycles. The van der Waals surface area contributed by atoms with Crippen molar-refractivity contribution in [1.82, 2.24) is 0 Å². The van der Waals surface area contributed by atoms with Gasteiger partial charge < -0.3 is 9.47 Å². The first-order chi connectivity index (χ1) is 21.9. The van der Waals surface area contributed by atoms with Crippen LogP contribution in [0.1, 0.15) is 91.0 Å². The molecule has 0 aliphatic rings. The molecule has 0 amide bonds. The predicted octanol–water partition coefficient (Wildman–Crippen LogP) is 12.1. The first-order valence-electron chi connectivity index (χ1n) is 16.8. The lowest BCUT2D eigenvalue weighted by atomic mass is 9.97. The average molecular weight is 625 g/mol. The highest BCUT2D eigenvalue weighted by Gasteiger charge is 2.19. The quantitative estimate of drug-likeness (QED) is 0.0865. The number of carbonyl (C=O) groups excluding carboxylic acids is 1. The molecule has 0 fully saturated rings. The molecule has 0 N–H and O–H groups in total. The van der Waals surface area contributed by atoms with Crippen molar-refractivity contribution in [1.29, 1.82) is 0 Å². The minimum absolute atomic E-state index is 0.104. The molecule has 4 aromatic carbocycles. The zero-order chi connectivity index (χ0) is 32.0. The highest BCUT2D eigenvalue weighted by atomic mass is 35.5. The molecule has 0 bridgehead atoms. The molecule has 0 aliphatic heterocycles. The number of benzene rings is 4. The summed E-state index contributed by atoms with van der Waals surface area (Å²) in [6, 6.07) is 31.5. The number of rotatable bonds is 17. The van der Waals surface area contributed by atoms with Gasteiger partial charge in [0, 0.05) is 10.6 Å². The number of hydrogen-bond acceptors (Lipinski definition) is 3. The van der Waals surface area contributed by atoms with E-state index >= 15 is 0 Å². The van der Waals surface area contributed by atoms with E-state index in [4.69, 9.17) is 21.1 Å². The maximum Gasteiger partial charge on any atom is 0.347 e. The van der Waals surface area contributed by atoms with E-state index in [0.29, 0.717) is 10.8 Å². The van der Waals surface area contributed by atoms with Gasteiger partial charge in [-0.25, -0.2) is 4.79 Å². The first kappa shape index (κ1) is 34.3. The van der Waals surface area contributed by atoms with E-state index in [1.54, 1.807) is 6.92 Å². The minimum atomic E-state index is -0.678. The maximum atomic E-state index is 12.5. The van der Waals surface area contributed by atoms with Crippen molar-refractivity contribution < 1.29 is 14.3 Å². The number of ether oxygens (including phenoxy) is 2. The summed E-state index contributed by atoms with van der Waals surface area (Å²) in [5, 5.41) is 0.685. The Morgan fingerprint density at radius 1 is 0.644 bits per heavy atom. The summed E-state index contributed by atoms with van der Waals surface area (Å²) in [4.78, 5) is 12.5. The van der Waals surface area contributed by atoms with Crippen LogP contribution in [-0.4, -0.2) is 18.2 Å². The summed E-state index contributed by atoms with van der Waals surface area (Å²) in [6.45, 7) is 8.12. The molecular formula is C41H49ClO3. The Labute approximate surface area is 275 Å². The number of halogens is 1. The van der Waals surface area contributed by atoms with Crippen molar-refractivity contribution >= 4 is 17.6 Å². The van der Waals surface area contributed by atoms with Gasteiger partial charge in [0.15, 0.2) is 6.10 Å². The van der Waals surface area contributed by atoms with E-state index in [1.807, 2.05) is 37.3 Å². The van der Waals surface area contributed by atoms with Crippen LogP contribution in [0.5, 0.6) is 5.75 Å². The third-order valence-electron chi connectivity index (χ3n) is 8.39. The molecule has 3 nitrogen and oxygen atoms in total. The molecular weight excluding hydrogens is 576 g/mol. The highest BCUT2D eigenvalue weighted by molar-refractivity contribution is 6.33. The fourth-order valence-corrected chi connectivity index (χ4v) is 5.87. The summed E-state index contributed by atoms with van der Waals surface area (Å²) in [5.74, 6) is 0.285. The van der Waals surface area contributed by atoms with Gasteiger partial charge in [0.05, 0.1) is 6.10 Å². The van der Waals surface area contributed by atoms with Crippen molar-refractivity contribution in [3.05, 3.63) is 102 Å². The second-order valence-corrected chi connectivity index (χ2v) is 12.6. The fourth-order valence-electron chi connectivity index (χ4n) is 5.58. The van der Waals surface area contributed by atoms with Gasteiger partial charge in [-0.3, -0.25) is 0 Å². The molecule has 2 unspecified atom stereocenters. The van der Waals surface area contributed by atoms with Crippen molar-refractivity contribution in [2.24, 2.45) is 0 Å².